The lowest BCUT2D eigenvalue weighted by molar-refractivity contribution is 0.369. The number of aromatic hydroxyl groups is 3. The standard InChI is InChI=1S/C17H12O4/c18-14-8-7-13(15(19)17(21)16(14)20)12-6-5-10-3-1-2-4-11(10)9-12/h1-9H,(H3,18,19,20,21). The molecular formula is C17H12O4. The van der Waals surface area contributed by atoms with Gasteiger partial charge in [-0.3, -0.25) is 4.79 Å². The monoisotopic (exact) mass is 280 g/mol. The fourth-order valence-electron chi connectivity index (χ4n) is 2.26. The van der Waals surface area contributed by atoms with E-state index in [9.17, 15) is 20.1 Å². The van der Waals surface area contributed by atoms with Crippen molar-refractivity contribution in [3.63, 3.8) is 0 Å². The van der Waals surface area contributed by atoms with Crippen LogP contribution in [0.3, 0.4) is 0 Å². The third-order valence-electron chi connectivity index (χ3n) is 3.40. The molecule has 3 aromatic carbocycles. The first-order chi connectivity index (χ1) is 10.1. The van der Waals surface area contributed by atoms with Gasteiger partial charge in [-0.25, -0.2) is 0 Å². The zero-order valence-corrected chi connectivity index (χ0v) is 10.9. The first-order valence-electron chi connectivity index (χ1n) is 6.35. The van der Waals surface area contributed by atoms with Crippen molar-refractivity contribution >= 4 is 10.8 Å². The molecule has 0 aliphatic heterocycles. The Morgan fingerprint density at radius 2 is 1.38 bits per heavy atom. The topological polar surface area (TPSA) is 77.8 Å². The summed E-state index contributed by atoms with van der Waals surface area (Å²) in [4.78, 5) is 11.5. The molecule has 4 heteroatoms. The van der Waals surface area contributed by atoms with Crippen molar-refractivity contribution < 1.29 is 15.3 Å². The van der Waals surface area contributed by atoms with Gasteiger partial charge in [-0.1, -0.05) is 36.4 Å². The Kier molecular flexibility index (Phi) is 2.99. The second-order valence-electron chi connectivity index (χ2n) is 4.72. The molecule has 0 aliphatic carbocycles. The molecule has 0 aliphatic rings. The second kappa shape index (κ2) is 4.83. The van der Waals surface area contributed by atoms with E-state index in [0.29, 0.717) is 5.56 Å². The molecule has 4 nitrogen and oxygen atoms in total. The summed E-state index contributed by atoms with van der Waals surface area (Å²) in [5.41, 5.74) is 0.155. The summed E-state index contributed by atoms with van der Waals surface area (Å²) in [6.07, 6.45) is 0. The molecule has 0 saturated heterocycles. The SMILES string of the molecule is O=c1ccc(-c2ccc3ccccc3c2)c(O)c(O)c1O. The molecule has 0 amide bonds. The van der Waals surface area contributed by atoms with Gasteiger partial charge in [0.15, 0.2) is 5.75 Å². The predicted molar refractivity (Wildman–Crippen MR) is 80.6 cm³/mol. The van der Waals surface area contributed by atoms with E-state index in [4.69, 9.17) is 0 Å². The van der Waals surface area contributed by atoms with Crippen molar-refractivity contribution in [2.45, 2.75) is 0 Å². The first-order valence-corrected chi connectivity index (χ1v) is 6.35. The van der Waals surface area contributed by atoms with Gasteiger partial charge in [-0.05, 0) is 34.5 Å². The van der Waals surface area contributed by atoms with Gasteiger partial charge in [0.2, 0.25) is 16.9 Å². The van der Waals surface area contributed by atoms with Crippen LogP contribution in [-0.2, 0) is 0 Å². The van der Waals surface area contributed by atoms with Crippen LogP contribution in [0.5, 0.6) is 17.2 Å². The molecule has 0 atom stereocenters. The van der Waals surface area contributed by atoms with E-state index in [1.807, 2.05) is 36.4 Å². The summed E-state index contributed by atoms with van der Waals surface area (Å²) in [5.74, 6) is -2.20. The molecule has 3 N–H and O–H groups in total. The van der Waals surface area contributed by atoms with Crippen molar-refractivity contribution in [3.05, 3.63) is 64.8 Å². The maximum atomic E-state index is 11.5. The lowest BCUT2D eigenvalue weighted by atomic mass is 10.0. The number of benzene rings is 2. The minimum absolute atomic E-state index is 0.274. The number of rotatable bonds is 1. The molecule has 0 radical (unpaired) electrons. The van der Waals surface area contributed by atoms with Gasteiger partial charge in [0, 0.05) is 5.56 Å². The van der Waals surface area contributed by atoms with Crippen LogP contribution in [-0.4, -0.2) is 15.3 Å². The Morgan fingerprint density at radius 1 is 0.667 bits per heavy atom. The third-order valence-corrected chi connectivity index (χ3v) is 3.40. The molecular weight excluding hydrogens is 268 g/mol. The highest BCUT2D eigenvalue weighted by Crippen LogP contribution is 2.39. The summed E-state index contributed by atoms with van der Waals surface area (Å²) >= 11 is 0. The fourth-order valence-corrected chi connectivity index (χ4v) is 2.26. The van der Waals surface area contributed by atoms with E-state index in [1.165, 1.54) is 6.07 Å². The lowest BCUT2D eigenvalue weighted by Crippen LogP contribution is -1.92. The molecule has 0 fully saturated rings. The van der Waals surface area contributed by atoms with Gasteiger partial charge < -0.3 is 15.3 Å². The zero-order valence-electron chi connectivity index (χ0n) is 10.9. The van der Waals surface area contributed by atoms with Crippen LogP contribution < -0.4 is 5.43 Å². The average Bonchev–Trinajstić information content (AvgIpc) is 2.60. The molecule has 104 valence electrons. The third kappa shape index (κ3) is 2.17. The molecule has 0 spiro atoms. The average molecular weight is 280 g/mol. The second-order valence-corrected chi connectivity index (χ2v) is 4.72. The van der Waals surface area contributed by atoms with Gasteiger partial charge in [-0.2, -0.15) is 0 Å². The Balaban J connectivity index is 2.31. The van der Waals surface area contributed by atoms with Crippen molar-refractivity contribution in [1.82, 2.24) is 0 Å². The Hall–Kier alpha value is -3.01. The quantitative estimate of drug-likeness (QED) is 0.640. The first kappa shape index (κ1) is 13.0. The van der Waals surface area contributed by atoms with E-state index in [2.05, 4.69) is 0 Å². The maximum absolute atomic E-state index is 11.5. The molecule has 21 heavy (non-hydrogen) atoms. The van der Waals surface area contributed by atoms with Crippen molar-refractivity contribution in [2.24, 2.45) is 0 Å². The maximum Gasteiger partial charge on any atom is 0.224 e. The smallest absolute Gasteiger partial charge is 0.224 e. The van der Waals surface area contributed by atoms with Crippen LogP contribution in [0.2, 0.25) is 0 Å². The van der Waals surface area contributed by atoms with Gasteiger partial charge in [-0.15, -0.1) is 0 Å². The van der Waals surface area contributed by atoms with Gasteiger partial charge in [0.1, 0.15) is 0 Å². The molecule has 0 heterocycles. The zero-order chi connectivity index (χ0) is 15.0. The molecule has 3 aromatic rings. The summed E-state index contributed by atoms with van der Waals surface area (Å²) < 4.78 is 0. The van der Waals surface area contributed by atoms with Gasteiger partial charge in [0.25, 0.3) is 0 Å². The van der Waals surface area contributed by atoms with Crippen molar-refractivity contribution in [1.29, 1.82) is 0 Å². The molecule has 3 rings (SSSR count). The van der Waals surface area contributed by atoms with E-state index < -0.39 is 22.7 Å². The minimum Gasteiger partial charge on any atom is -0.504 e. The summed E-state index contributed by atoms with van der Waals surface area (Å²) in [5, 5.41) is 31.2. The van der Waals surface area contributed by atoms with Crippen LogP contribution in [0.25, 0.3) is 21.9 Å². The highest BCUT2D eigenvalue weighted by atomic mass is 16.3. The predicted octanol–water partition coefficient (Wildman–Crippen LogP) is 2.98. The Bertz CT molecular complexity index is 900. The number of fused-ring (bicyclic) bond motifs is 1. The van der Waals surface area contributed by atoms with Crippen LogP contribution in [0, 0.1) is 0 Å². The Labute approximate surface area is 120 Å². The van der Waals surface area contributed by atoms with Crippen molar-refractivity contribution in [2.75, 3.05) is 0 Å². The van der Waals surface area contributed by atoms with Crippen LogP contribution in [0.15, 0.2) is 59.4 Å². The highest BCUT2D eigenvalue weighted by molar-refractivity contribution is 5.88. The fraction of sp³-hybridized carbons (Fsp3) is 0. The molecule has 0 saturated carbocycles. The molecule has 0 aromatic heterocycles. The normalized spacial score (nSPS) is 10.7. The largest absolute Gasteiger partial charge is 0.504 e. The summed E-state index contributed by atoms with van der Waals surface area (Å²) in [6.45, 7) is 0. The van der Waals surface area contributed by atoms with Crippen molar-refractivity contribution in [3.8, 4) is 28.4 Å². The van der Waals surface area contributed by atoms with Crippen LogP contribution in [0.1, 0.15) is 0 Å². The highest BCUT2D eigenvalue weighted by Gasteiger charge is 2.13. The van der Waals surface area contributed by atoms with E-state index in [1.54, 1.807) is 6.07 Å². The summed E-state index contributed by atoms with van der Waals surface area (Å²) in [7, 11) is 0. The van der Waals surface area contributed by atoms with E-state index >= 15 is 0 Å². The Morgan fingerprint density at radius 3 is 2.14 bits per heavy atom. The number of hydrogen-bond acceptors (Lipinski definition) is 4. The number of hydrogen-bond donors (Lipinski definition) is 3. The van der Waals surface area contributed by atoms with E-state index in [0.717, 1.165) is 16.8 Å². The van der Waals surface area contributed by atoms with Gasteiger partial charge in [0.05, 0.1) is 0 Å². The lowest BCUT2D eigenvalue weighted by Gasteiger charge is -2.05. The van der Waals surface area contributed by atoms with Crippen LogP contribution in [0.4, 0.5) is 0 Å². The van der Waals surface area contributed by atoms with Gasteiger partial charge >= 0.3 is 0 Å². The molecule has 0 unspecified atom stereocenters. The summed E-state index contributed by atoms with van der Waals surface area (Å²) in [6, 6.07) is 15.7. The van der Waals surface area contributed by atoms with Crippen LogP contribution >= 0.6 is 0 Å². The minimum atomic E-state index is -0.862. The molecule has 0 bridgehead atoms. The van der Waals surface area contributed by atoms with E-state index in [-0.39, 0.29) is 5.56 Å².